The van der Waals surface area contributed by atoms with E-state index in [1.807, 2.05) is 6.07 Å². The van der Waals surface area contributed by atoms with E-state index in [0.717, 1.165) is 18.4 Å². The third-order valence-electron chi connectivity index (χ3n) is 3.36. The fourth-order valence-corrected chi connectivity index (χ4v) is 2.33. The zero-order valence-electron chi connectivity index (χ0n) is 10.6. The smallest absolute Gasteiger partial charge is 0.220 e. The third-order valence-corrected chi connectivity index (χ3v) is 3.36. The second-order valence-electron chi connectivity index (χ2n) is 4.72. The number of hydrogen-bond acceptors (Lipinski definition) is 2. The Bertz CT molecular complexity index is 412. The van der Waals surface area contributed by atoms with Gasteiger partial charge in [-0.25, -0.2) is 4.39 Å². The van der Waals surface area contributed by atoms with E-state index >= 15 is 0 Å². The van der Waals surface area contributed by atoms with Crippen LogP contribution >= 0.6 is 0 Å². The molecule has 1 fully saturated rings. The van der Waals surface area contributed by atoms with Crippen molar-refractivity contribution in [2.24, 2.45) is 0 Å². The Kier molecular flexibility index (Phi) is 4.31. The minimum atomic E-state index is -0.204. The van der Waals surface area contributed by atoms with Crippen LogP contribution < -0.4 is 10.6 Å². The SMILES string of the molecule is CCC(NC1CCC(=O)NC1)c1cccc(F)c1. The molecule has 2 unspecified atom stereocenters. The van der Waals surface area contributed by atoms with Gasteiger partial charge in [0.2, 0.25) is 5.91 Å². The highest BCUT2D eigenvalue weighted by atomic mass is 19.1. The van der Waals surface area contributed by atoms with Crippen molar-refractivity contribution >= 4 is 5.91 Å². The highest BCUT2D eigenvalue weighted by Crippen LogP contribution is 2.19. The Morgan fingerprint density at radius 3 is 3.00 bits per heavy atom. The normalized spacial score (nSPS) is 21.4. The van der Waals surface area contributed by atoms with E-state index in [-0.39, 0.29) is 23.8 Å². The first-order valence-corrected chi connectivity index (χ1v) is 6.47. The predicted molar refractivity (Wildman–Crippen MR) is 68.6 cm³/mol. The van der Waals surface area contributed by atoms with Crippen LogP contribution in [0.15, 0.2) is 24.3 Å². The topological polar surface area (TPSA) is 41.1 Å². The summed E-state index contributed by atoms with van der Waals surface area (Å²) in [5, 5.41) is 6.34. The Labute approximate surface area is 107 Å². The summed E-state index contributed by atoms with van der Waals surface area (Å²) in [5.41, 5.74) is 0.967. The van der Waals surface area contributed by atoms with Gasteiger partial charge in [0.05, 0.1) is 0 Å². The van der Waals surface area contributed by atoms with Crippen LogP contribution in [0.2, 0.25) is 0 Å². The highest BCUT2D eigenvalue weighted by Gasteiger charge is 2.21. The monoisotopic (exact) mass is 250 g/mol. The largest absolute Gasteiger partial charge is 0.355 e. The molecule has 1 saturated heterocycles. The molecule has 4 heteroatoms. The Hall–Kier alpha value is -1.42. The van der Waals surface area contributed by atoms with Gasteiger partial charge in [0.1, 0.15) is 5.82 Å². The van der Waals surface area contributed by atoms with Gasteiger partial charge in [-0.2, -0.15) is 0 Å². The van der Waals surface area contributed by atoms with Crippen molar-refractivity contribution in [1.29, 1.82) is 0 Å². The molecule has 2 rings (SSSR count). The highest BCUT2D eigenvalue weighted by molar-refractivity contribution is 5.76. The lowest BCUT2D eigenvalue weighted by Gasteiger charge is -2.28. The van der Waals surface area contributed by atoms with Gasteiger partial charge in [-0.15, -0.1) is 0 Å². The fraction of sp³-hybridized carbons (Fsp3) is 0.500. The van der Waals surface area contributed by atoms with Crippen LogP contribution in [-0.2, 0) is 4.79 Å². The minimum Gasteiger partial charge on any atom is -0.355 e. The van der Waals surface area contributed by atoms with Crippen molar-refractivity contribution in [2.45, 2.75) is 38.3 Å². The van der Waals surface area contributed by atoms with E-state index in [1.54, 1.807) is 12.1 Å². The van der Waals surface area contributed by atoms with E-state index in [2.05, 4.69) is 17.6 Å². The molecule has 2 atom stereocenters. The zero-order valence-corrected chi connectivity index (χ0v) is 10.6. The summed E-state index contributed by atoms with van der Waals surface area (Å²) in [6.45, 7) is 2.73. The van der Waals surface area contributed by atoms with Crippen LogP contribution in [0.5, 0.6) is 0 Å². The van der Waals surface area contributed by atoms with Crippen LogP contribution in [0.4, 0.5) is 4.39 Å². The van der Waals surface area contributed by atoms with Crippen molar-refractivity contribution in [1.82, 2.24) is 10.6 Å². The molecule has 0 aliphatic carbocycles. The molecule has 2 N–H and O–H groups in total. The molecule has 1 amide bonds. The van der Waals surface area contributed by atoms with Gasteiger partial charge < -0.3 is 10.6 Å². The van der Waals surface area contributed by atoms with Crippen LogP contribution in [0.25, 0.3) is 0 Å². The summed E-state index contributed by atoms with van der Waals surface area (Å²) >= 11 is 0. The zero-order chi connectivity index (χ0) is 13.0. The number of halogens is 1. The summed E-state index contributed by atoms with van der Waals surface area (Å²) < 4.78 is 13.2. The maximum absolute atomic E-state index is 13.2. The van der Waals surface area contributed by atoms with E-state index in [4.69, 9.17) is 0 Å². The third kappa shape index (κ3) is 3.29. The molecule has 18 heavy (non-hydrogen) atoms. The lowest BCUT2D eigenvalue weighted by atomic mass is 10.0. The molecule has 0 aromatic heterocycles. The molecule has 1 aliphatic rings. The number of carbonyl (C=O) groups excluding carboxylic acids is 1. The van der Waals surface area contributed by atoms with E-state index in [0.29, 0.717) is 13.0 Å². The van der Waals surface area contributed by atoms with Gasteiger partial charge in [0.15, 0.2) is 0 Å². The van der Waals surface area contributed by atoms with Gasteiger partial charge in [-0.1, -0.05) is 19.1 Å². The molecule has 98 valence electrons. The second kappa shape index (κ2) is 5.96. The molecule has 1 aromatic carbocycles. The van der Waals surface area contributed by atoms with Crippen molar-refractivity contribution in [2.75, 3.05) is 6.54 Å². The quantitative estimate of drug-likeness (QED) is 0.859. The van der Waals surface area contributed by atoms with Gasteiger partial charge in [0, 0.05) is 25.0 Å². The van der Waals surface area contributed by atoms with Crippen LogP contribution in [0.1, 0.15) is 37.8 Å². The maximum Gasteiger partial charge on any atom is 0.220 e. The summed E-state index contributed by atoms with van der Waals surface area (Å²) in [7, 11) is 0. The summed E-state index contributed by atoms with van der Waals surface area (Å²) in [4.78, 5) is 11.1. The number of nitrogens with one attached hydrogen (secondary N) is 2. The first-order valence-electron chi connectivity index (χ1n) is 6.47. The van der Waals surface area contributed by atoms with E-state index < -0.39 is 0 Å². The average molecular weight is 250 g/mol. The number of piperidine rings is 1. The number of carbonyl (C=O) groups is 1. The number of rotatable bonds is 4. The van der Waals surface area contributed by atoms with E-state index in [9.17, 15) is 9.18 Å². The second-order valence-corrected chi connectivity index (χ2v) is 4.72. The fourth-order valence-electron chi connectivity index (χ4n) is 2.33. The number of amides is 1. The molecular weight excluding hydrogens is 231 g/mol. The van der Waals surface area contributed by atoms with Gasteiger partial charge in [0.25, 0.3) is 0 Å². The average Bonchev–Trinajstić information content (AvgIpc) is 2.38. The number of benzene rings is 1. The first kappa shape index (κ1) is 13.0. The van der Waals surface area contributed by atoms with Gasteiger partial charge >= 0.3 is 0 Å². The Morgan fingerprint density at radius 2 is 2.39 bits per heavy atom. The summed E-state index contributed by atoms with van der Waals surface area (Å²) in [5.74, 6) is -0.0865. The van der Waals surface area contributed by atoms with Crippen molar-refractivity contribution < 1.29 is 9.18 Å². The van der Waals surface area contributed by atoms with Crippen molar-refractivity contribution in [3.05, 3.63) is 35.6 Å². The lowest BCUT2D eigenvalue weighted by molar-refractivity contribution is -0.122. The van der Waals surface area contributed by atoms with Crippen LogP contribution in [0.3, 0.4) is 0 Å². The molecule has 0 bridgehead atoms. The summed E-state index contributed by atoms with van der Waals surface area (Å²) in [6.07, 6.45) is 2.31. The van der Waals surface area contributed by atoms with Gasteiger partial charge in [-0.3, -0.25) is 4.79 Å². The molecule has 1 aromatic rings. The molecule has 0 spiro atoms. The molecular formula is C14H19FN2O. The lowest BCUT2D eigenvalue weighted by Crippen LogP contribution is -2.46. The molecule has 1 aliphatic heterocycles. The van der Waals surface area contributed by atoms with Crippen molar-refractivity contribution in [3.63, 3.8) is 0 Å². The maximum atomic E-state index is 13.2. The first-order chi connectivity index (χ1) is 8.69. The standard InChI is InChI=1S/C14H19FN2O/c1-2-13(10-4-3-5-11(15)8-10)17-12-6-7-14(18)16-9-12/h3-5,8,12-13,17H,2,6-7,9H2,1H3,(H,16,18). The Balaban J connectivity index is 1.99. The van der Waals surface area contributed by atoms with E-state index in [1.165, 1.54) is 6.07 Å². The molecule has 1 heterocycles. The van der Waals surface area contributed by atoms with Gasteiger partial charge in [-0.05, 0) is 30.5 Å². The molecule has 0 saturated carbocycles. The molecule has 0 radical (unpaired) electrons. The van der Waals surface area contributed by atoms with Crippen LogP contribution in [0, 0.1) is 5.82 Å². The predicted octanol–water partition coefficient (Wildman–Crippen LogP) is 2.14. The van der Waals surface area contributed by atoms with Crippen LogP contribution in [-0.4, -0.2) is 18.5 Å². The van der Waals surface area contributed by atoms with Crippen molar-refractivity contribution in [3.8, 4) is 0 Å². The Morgan fingerprint density at radius 1 is 1.56 bits per heavy atom. The number of hydrogen-bond donors (Lipinski definition) is 2. The molecule has 3 nitrogen and oxygen atoms in total. The summed E-state index contributed by atoms with van der Waals surface area (Å²) in [6, 6.07) is 7.11. The minimum absolute atomic E-state index is 0.117.